The van der Waals surface area contributed by atoms with E-state index < -0.39 is 16.2 Å². The first-order chi connectivity index (χ1) is 15.9. The Balaban J connectivity index is 1.49. The summed E-state index contributed by atoms with van der Waals surface area (Å²) in [7, 11) is 0. The molecule has 0 aromatic carbocycles. The number of aliphatic imine (C=N–C) groups is 1. The zero-order chi connectivity index (χ0) is 23.2. The predicted octanol–water partition coefficient (Wildman–Crippen LogP) is 2.19. The van der Waals surface area contributed by atoms with Gasteiger partial charge in [-0.15, -0.1) is 6.42 Å². The second-order valence-corrected chi connectivity index (χ2v) is 9.80. The van der Waals surface area contributed by atoms with E-state index in [-0.39, 0.29) is 19.1 Å². The van der Waals surface area contributed by atoms with Crippen LogP contribution in [0.4, 0.5) is 4.39 Å². The Morgan fingerprint density at radius 3 is 3.00 bits per heavy atom. The van der Waals surface area contributed by atoms with E-state index >= 15 is 0 Å². The highest BCUT2D eigenvalue weighted by atomic mass is 32.2. The number of aliphatic hydroxyl groups is 1. The van der Waals surface area contributed by atoms with Crippen molar-refractivity contribution in [3.63, 3.8) is 0 Å². The van der Waals surface area contributed by atoms with Crippen LogP contribution in [0.25, 0.3) is 11.0 Å². The van der Waals surface area contributed by atoms with Crippen molar-refractivity contribution in [2.45, 2.75) is 30.1 Å². The molecule has 3 aromatic rings. The Bertz CT molecular complexity index is 1330. The van der Waals surface area contributed by atoms with E-state index in [4.69, 9.17) is 16.9 Å². The Hall–Kier alpha value is -3.29. The first-order valence-corrected chi connectivity index (χ1v) is 11.2. The molecule has 33 heavy (non-hydrogen) atoms. The highest BCUT2D eigenvalue weighted by Gasteiger charge is 2.66. The van der Waals surface area contributed by atoms with E-state index in [2.05, 4.69) is 30.8 Å². The molecule has 3 aromatic heterocycles. The second-order valence-electron chi connectivity index (χ2n) is 8.36. The van der Waals surface area contributed by atoms with Gasteiger partial charge in [-0.3, -0.25) is 9.98 Å². The molecule has 0 spiro atoms. The molecule has 0 unspecified atom stereocenters. The van der Waals surface area contributed by atoms with Crippen LogP contribution in [-0.2, 0) is 12.0 Å². The van der Waals surface area contributed by atoms with Gasteiger partial charge in [0.25, 0.3) is 0 Å². The third-order valence-electron chi connectivity index (χ3n) is 6.25. The minimum atomic E-state index is -0.902. The maximum absolute atomic E-state index is 14.9. The molecule has 3 N–H and O–H groups in total. The van der Waals surface area contributed by atoms with Crippen LogP contribution in [0.5, 0.6) is 5.88 Å². The van der Waals surface area contributed by atoms with Crippen molar-refractivity contribution < 1.29 is 14.2 Å². The number of aromatic nitrogens is 4. The maximum atomic E-state index is 14.9. The summed E-state index contributed by atoms with van der Waals surface area (Å²) in [6, 6.07) is 3.50. The summed E-state index contributed by atoms with van der Waals surface area (Å²) in [5.41, 5.74) is 8.17. The van der Waals surface area contributed by atoms with Crippen molar-refractivity contribution in [3.8, 4) is 18.2 Å². The van der Waals surface area contributed by atoms with Crippen molar-refractivity contribution >= 4 is 28.0 Å². The van der Waals surface area contributed by atoms with E-state index in [1.165, 1.54) is 24.2 Å². The van der Waals surface area contributed by atoms with Gasteiger partial charge < -0.3 is 15.6 Å². The summed E-state index contributed by atoms with van der Waals surface area (Å²) >= 11 is 1.37. The van der Waals surface area contributed by atoms with Crippen LogP contribution in [0.2, 0.25) is 0 Å². The lowest BCUT2D eigenvalue weighted by Crippen LogP contribution is -2.37. The highest BCUT2D eigenvalue weighted by Crippen LogP contribution is 2.65. The average Bonchev–Trinajstić information content (AvgIpc) is 3.55. The van der Waals surface area contributed by atoms with Gasteiger partial charge in [-0.25, -0.2) is 15.0 Å². The molecule has 4 heterocycles. The molecule has 0 bridgehead atoms. The minimum Gasteiger partial charge on any atom is -0.463 e. The fourth-order valence-corrected chi connectivity index (χ4v) is 5.88. The van der Waals surface area contributed by atoms with Crippen LogP contribution in [0.3, 0.4) is 0 Å². The van der Waals surface area contributed by atoms with E-state index in [1.807, 2.05) is 6.92 Å². The van der Waals surface area contributed by atoms with Crippen molar-refractivity contribution in [3.05, 3.63) is 53.5 Å². The molecule has 0 amide bonds. The number of aliphatic hydroxyl groups excluding tert-OH is 1. The molecule has 2 aliphatic rings. The van der Waals surface area contributed by atoms with Crippen molar-refractivity contribution in [1.29, 1.82) is 0 Å². The predicted molar refractivity (Wildman–Crippen MR) is 123 cm³/mol. The van der Waals surface area contributed by atoms with Crippen LogP contribution in [-0.4, -0.2) is 48.2 Å². The van der Waals surface area contributed by atoms with Gasteiger partial charge in [-0.05, 0) is 31.0 Å². The van der Waals surface area contributed by atoms with E-state index in [1.54, 1.807) is 18.3 Å². The Morgan fingerprint density at radius 2 is 2.21 bits per heavy atom. The molecule has 1 aliphatic heterocycles. The molecule has 1 saturated carbocycles. The van der Waals surface area contributed by atoms with E-state index in [0.29, 0.717) is 46.2 Å². The van der Waals surface area contributed by atoms with Crippen molar-refractivity contribution in [1.82, 2.24) is 19.9 Å². The fourth-order valence-electron chi connectivity index (χ4n) is 4.54. The highest BCUT2D eigenvalue weighted by molar-refractivity contribution is 8.15. The Labute approximate surface area is 193 Å². The number of pyridine rings is 2. The summed E-state index contributed by atoms with van der Waals surface area (Å²) in [5, 5.41) is 10.2. The number of nitrogens with zero attached hydrogens (tertiary/aromatic N) is 5. The van der Waals surface area contributed by atoms with Crippen molar-refractivity contribution in [2.24, 2.45) is 16.6 Å². The zero-order valence-electron chi connectivity index (χ0n) is 17.8. The smallest absolute Gasteiger partial charge is 0.233 e. The lowest BCUT2D eigenvalue weighted by Gasteiger charge is -2.33. The van der Waals surface area contributed by atoms with Gasteiger partial charge >= 0.3 is 0 Å². The number of ether oxygens (including phenoxy) is 1. The number of fused-ring (bicyclic) bond motifs is 2. The maximum Gasteiger partial charge on any atom is 0.233 e. The summed E-state index contributed by atoms with van der Waals surface area (Å²) in [6.07, 6.45) is 10.9. The quantitative estimate of drug-likeness (QED) is 0.421. The number of hydrogen-bond acceptors (Lipinski definition) is 9. The number of terminal acetylenes is 1. The van der Waals surface area contributed by atoms with Crippen LogP contribution >= 0.6 is 11.8 Å². The molecule has 8 nitrogen and oxygen atoms in total. The van der Waals surface area contributed by atoms with E-state index in [9.17, 15) is 9.50 Å². The standard InChI is InChI=1S/C23H21FN6O2S/c1-3-6-32-18-11-27-19-15(29-18)4-5-26-16(19)8-13-7-14(20(24)28-10-13)22(2)17-9-23(17,12-31)33-21(25)30-22/h1,4-5,7,10-11,17,31H,6,8-9,12H2,2H3,(H2,25,30)/t17-,22+,23+/m0/s1. The van der Waals surface area contributed by atoms with Crippen LogP contribution in [0.1, 0.15) is 30.2 Å². The second kappa shape index (κ2) is 7.93. The van der Waals surface area contributed by atoms with Crippen LogP contribution < -0.4 is 10.5 Å². The first-order valence-electron chi connectivity index (χ1n) is 10.4. The molecule has 10 heteroatoms. The zero-order valence-corrected chi connectivity index (χ0v) is 18.6. The van der Waals surface area contributed by atoms with Gasteiger partial charge in [0.15, 0.2) is 11.8 Å². The molecule has 0 saturated heterocycles. The van der Waals surface area contributed by atoms with Gasteiger partial charge in [0.05, 0.1) is 34.3 Å². The molecular weight excluding hydrogens is 443 g/mol. The lowest BCUT2D eigenvalue weighted by atomic mass is 9.86. The number of amidine groups is 1. The largest absolute Gasteiger partial charge is 0.463 e. The molecule has 0 radical (unpaired) electrons. The van der Waals surface area contributed by atoms with Gasteiger partial charge in [0.2, 0.25) is 11.8 Å². The number of hydrogen-bond donors (Lipinski definition) is 2. The summed E-state index contributed by atoms with van der Waals surface area (Å²) < 4.78 is 19.9. The molecule has 5 rings (SSSR count). The number of nitrogens with two attached hydrogens (primary N) is 1. The molecule has 3 atom stereocenters. The monoisotopic (exact) mass is 464 g/mol. The third kappa shape index (κ3) is 3.67. The molecule has 168 valence electrons. The molecule has 1 aliphatic carbocycles. The Morgan fingerprint density at radius 1 is 1.36 bits per heavy atom. The summed E-state index contributed by atoms with van der Waals surface area (Å²) in [6.45, 7) is 1.92. The average molecular weight is 465 g/mol. The van der Waals surface area contributed by atoms with Gasteiger partial charge in [-0.1, -0.05) is 17.7 Å². The topological polar surface area (TPSA) is 119 Å². The lowest BCUT2D eigenvalue weighted by molar-refractivity contribution is 0.264. The van der Waals surface area contributed by atoms with Gasteiger partial charge in [-0.2, -0.15) is 4.39 Å². The minimum absolute atomic E-state index is 0.0261. The fraction of sp³-hybridized carbons (Fsp3) is 0.348. The molecule has 1 fully saturated rings. The number of thioether (sulfide) groups is 1. The summed E-state index contributed by atoms with van der Waals surface area (Å²) in [5.74, 6) is 2.10. The first kappa shape index (κ1) is 21.6. The number of halogens is 1. The van der Waals surface area contributed by atoms with Gasteiger partial charge in [0.1, 0.15) is 5.52 Å². The van der Waals surface area contributed by atoms with Gasteiger partial charge in [0, 0.05) is 30.3 Å². The van der Waals surface area contributed by atoms with Crippen LogP contribution in [0.15, 0.2) is 35.7 Å². The number of rotatable bonds is 6. The Kier molecular flexibility index (Phi) is 5.18. The van der Waals surface area contributed by atoms with Crippen molar-refractivity contribution in [2.75, 3.05) is 13.2 Å². The van der Waals surface area contributed by atoms with E-state index in [0.717, 1.165) is 5.56 Å². The third-order valence-corrected chi connectivity index (χ3v) is 7.54. The SMILES string of the molecule is C#CCOc1cnc2c(Cc3cnc(F)c([C@@]4(C)N=C(N)S[C@@]5(CO)C[C@H]54)c3)nccc2n1. The summed E-state index contributed by atoms with van der Waals surface area (Å²) in [4.78, 5) is 21.9. The molecular formula is C23H21FN6O2S. The normalized spacial score (nSPS) is 25.8. The van der Waals surface area contributed by atoms with Crippen LogP contribution in [0, 0.1) is 24.2 Å².